The molecule has 1 nitrogen and oxygen atoms in total. The fourth-order valence-corrected chi connectivity index (χ4v) is 0.851. The van der Waals surface area contributed by atoms with Crippen LogP contribution in [0, 0.1) is 23.2 Å². The highest BCUT2D eigenvalue weighted by molar-refractivity contribution is 5.15. The van der Waals surface area contributed by atoms with Crippen LogP contribution < -0.4 is 0 Å². The van der Waals surface area contributed by atoms with E-state index in [1.165, 1.54) is 12.8 Å². The molecule has 0 saturated heterocycles. The Morgan fingerprint density at radius 2 is 2.08 bits per heavy atom. The van der Waals surface area contributed by atoms with Crippen molar-refractivity contribution in [2.75, 3.05) is 0 Å². The van der Waals surface area contributed by atoms with Gasteiger partial charge in [0.2, 0.25) is 0 Å². The van der Waals surface area contributed by atoms with E-state index in [4.69, 9.17) is 5.26 Å². The fraction of sp³-hybridized carbons (Fsp3) is 0.583. The average Bonchev–Trinajstić information content (AvgIpc) is 2.16. The monoisotopic (exact) mass is 175 g/mol. The first-order chi connectivity index (χ1) is 6.41. The smallest absolute Gasteiger partial charge is 0.0622 e. The van der Waals surface area contributed by atoms with Gasteiger partial charge in [0.1, 0.15) is 0 Å². The molecule has 0 aromatic rings. The highest BCUT2D eigenvalue weighted by Gasteiger charge is 1.79. The topological polar surface area (TPSA) is 23.8 Å². The van der Waals surface area contributed by atoms with Gasteiger partial charge in [0.25, 0.3) is 0 Å². The summed E-state index contributed by atoms with van der Waals surface area (Å²) >= 11 is 0. The largest absolute Gasteiger partial charge is 0.198 e. The Morgan fingerprint density at radius 1 is 1.23 bits per heavy atom. The van der Waals surface area contributed by atoms with Crippen LogP contribution in [0.3, 0.4) is 0 Å². The summed E-state index contributed by atoms with van der Waals surface area (Å²) in [5.41, 5.74) is 0. The minimum atomic E-state index is 0.619. The Balaban J connectivity index is 3.29. The fourth-order valence-electron chi connectivity index (χ4n) is 0.851. The molecule has 0 aromatic heterocycles. The molecule has 0 rings (SSSR count). The van der Waals surface area contributed by atoms with E-state index in [9.17, 15) is 0 Å². The van der Waals surface area contributed by atoms with Gasteiger partial charge in [-0.3, -0.25) is 0 Å². The first-order valence-corrected chi connectivity index (χ1v) is 4.92. The summed E-state index contributed by atoms with van der Waals surface area (Å²) in [6, 6.07) is 2.10. The predicted octanol–water partition coefficient (Wildman–Crippen LogP) is 3.43. The van der Waals surface area contributed by atoms with Gasteiger partial charge in [-0.15, -0.1) is 0 Å². The quantitative estimate of drug-likeness (QED) is 0.464. The number of nitriles is 1. The maximum Gasteiger partial charge on any atom is 0.0622 e. The second kappa shape index (κ2) is 10.8. The highest BCUT2D eigenvalue weighted by atomic mass is 14.2. The number of hydrogen-bond donors (Lipinski definition) is 0. The SMILES string of the molecule is CCCC/C=C/C#CCCCC#N. The Labute approximate surface area is 81.5 Å². The third kappa shape index (κ3) is 10.8. The van der Waals surface area contributed by atoms with Gasteiger partial charge in [0, 0.05) is 12.8 Å². The third-order valence-electron chi connectivity index (χ3n) is 1.62. The van der Waals surface area contributed by atoms with Crippen LogP contribution >= 0.6 is 0 Å². The Hall–Kier alpha value is -1.21. The van der Waals surface area contributed by atoms with Gasteiger partial charge in [-0.2, -0.15) is 5.26 Å². The Morgan fingerprint density at radius 3 is 2.77 bits per heavy atom. The molecule has 1 heteroatoms. The first kappa shape index (κ1) is 11.8. The van der Waals surface area contributed by atoms with Gasteiger partial charge in [0.05, 0.1) is 6.07 Å². The molecule has 0 spiro atoms. The summed E-state index contributed by atoms with van der Waals surface area (Å²) in [5.74, 6) is 5.97. The summed E-state index contributed by atoms with van der Waals surface area (Å²) in [4.78, 5) is 0. The molecule has 0 heterocycles. The number of allylic oxidation sites excluding steroid dienone is 2. The van der Waals surface area contributed by atoms with Crippen molar-refractivity contribution in [3.63, 3.8) is 0 Å². The predicted molar refractivity (Wildman–Crippen MR) is 55.9 cm³/mol. The van der Waals surface area contributed by atoms with Gasteiger partial charge in [-0.05, 0) is 18.9 Å². The number of nitrogens with zero attached hydrogens (tertiary/aromatic N) is 1. The van der Waals surface area contributed by atoms with Crippen molar-refractivity contribution in [1.82, 2.24) is 0 Å². The normalized spacial score (nSPS) is 9.23. The van der Waals surface area contributed by atoms with Crippen molar-refractivity contribution >= 4 is 0 Å². The molecule has 13 heavy (non-hydrogen) atoms. The van der Waals surface area contributed by atoms with Crippen LogP contribution in [0.2, 0.25) is 0 Å². The summed E-state index contributed by atoms with van der Waals surface area (Å²) in [6.45, 7) is 2.18. The summed E-state index contributed by atoms with van der Waals surface area (Å²) in [7, 11) is 0. The Bertz CT molecular complexity index is 222. The van der Waals surface area contributed by atoms with Gasteiger partial charge in [0.15, 0.2) is 0 Å². The minimum Gasteiger partial charge on any atom is -0.198 e. The van der Waals surface area contributed by atoms with E-state index in [2.05, 4.69) is 30.9 Å². The summed E-state index contributed by atoms with van der Waals surface area (Å²) in [6.07, 6.45) is 9.99. The van der Waals surface area contributed by atoms with Crippen LogP contribution in [-0.2, 0) is 0 Å². The molecule has 0 aliphatic rings. The molecule has 0 bridgehead atoms. The first-order valence-electron chi connectivity index (χ1n) is 4.92. The third-order valence-corrected chi connectivity index (χ3v) is 1.62. The molecule has 0 fully saturated rings. The van der Waals surface area contributed by atoms with Gasteiger partial charge >= 0.3 is 0 Å². The summed E-state index contributed by atoms with van der Waals surface area (Å²) < 4.78 is 0. The lowest BCUT2D eigenvalue weighted by Crippen LogP contribution is -1.68. The lowest BCUT2D eigenvalue weighted by molar-refractivity contribution is 0.815. The maximum absolute atomic E-state index is 8.25. The molecule has 0 unspecified atom stereocenters. The molecule has 0 radical (unpaired) electrons. The van der Waals surface area contributed by atoms with E-state index in [1.54, 1.807) is 0 Å². The molecule has 0 aromatic carbocycles. The van der Waals surface area contributed by atoms with Crippen LogP contribution in [0.15, 0.2) is 12.2 Å². The zero-order valence-corrected chi connectivity index (χ0v) is 8.34. The molecule has 70 valence electrons. The second-order valence-electron chi connectivity index (χ2n) is 2.88. The Kier molecular flexibility index (Phi) is 9.79. The van der Waals surface area contributed by atoms with Crippen molar-refractivity contribution in [2.45, 2.75) is 45.4 Å². The lowest BCUT2D eigenvalue weighted by Gasteiger charge is -1.84. The lowest BCUT2D eigenvalue weighted by atomic mass is 10.2. The van der Waals surface area contributed by atoms with Gasteiger partial charge in [-0.25, -0.2) is 0 Å². The van der Waals surface area contributed by atoms with E-state index in [1.807, 2.05) is 6.08 Å². The average molecular weight is 175 g/mol. The van der Waals surface area contributed by atoms with Crippen molar-refractivity contribution in [3.05, 3.63) is 12.2 Å². The molecule has 0 atom stereocenters. The molecular formula is C12H17N. The second-order valence-corrected chi connectivity index (χ2v) is 2.88. The minimum absolute atomic E-state index is 0.619. The van der Waals surface area contributed by atoms with Crippen LogP contribution in [-0.4, -0.2) is 0 Å². The van der Waals surface area contributed by atoms with E-state index >= 15 is 0 Å². The number of hydrogen-bond acceptors (Lipinski definition) is 1. The highest BCUT2D eigenvalue weighted by Crippen LogP contribution is 1.94. The molecule has 0 saturated carbocycles. The number of rotatable bonds is 5. The molecule has 0 aliphatic carbocycles. The van der Waals surface area contributed by atoms with Gasteiger partial charge in [-0.1, -0.05) is 37.7 Å². The van der Waals surface area contributed by atoms with E-state index in [0.717, 1.165) is 19.3 Å². The zero-order valence-electron chi connectivity index (χ0n) is 8.34. The van der Waals surface area contributed by atoms with Crippen molar-refractivity contribution in [2.24, 2.45) is 0 Å². The molecule has 0 N–H and O–H groups in total. The van der Waals surface area contributed by atoms with Gasteiger partial charge < -0.3 is 0 Å². The van der Waals surface area contributed by atoms with Crippen molar-refractivity contribution < 1.29 is 0 Å². The van der Waals surface area contributed by atoms with E-state index in [0.29, 0.717) is 6.42 Å². The van der Waals surface area contributed by atoms with Crippen molar-refractivity contribution in [1.29, 1.82) is 5.26 Å². The van der Waals surface area contributed by atoms with Crippen LogP contribution in [0.4, 0.5) is 0 Å². The van der Waals surface area contributed by atoms with Crippen LogP contribution in [0.1, 0.15) is 45.4 Å². The van der Waals surface area contributed by atoms with E-state index in [-0.39, 0.29) is 0 Å². The summed E-state index contributed by atoms with van der Waals surface area (Å²) in [5, 5.41) is 8.25. The zero-order chi connectivity index (χ0) is 9.78. The van der Waals surface area contributed by atoms with Crippen LogP contribution in [0.5, 0.6) is 0 Å². The standard InChI is InChI=1S/C12H17N/c1-2-3-4-5-6-7-8-9-10-11-12-13/h5-6H,2-4,9-11H2,1H3/b6-5+. The van der Waals surface area contributed by atoms with Crippen LogP contribution in [0.25, 0.3) is 0 Å². The molecule has 0 aliphatic heterocycles. The van der Waals surface area contributed by atoms with Crippen molar-refractivity contribution in [3.8, 4) is 17.9 Å². The number of unbranched alkanes of at least 4 members (excludes halogenated alkanes) is 4. The maximum atomic E-state index is 8.25. The molecule has 0 amide bonds. The van der Waals surface area contributed by atoms with E-state index < -0.39 is 0 Å². The molecular weight excluding hydrogens is 158 g/mol.